The Morgan fingerprint density at radius 3 is 2.85 bits per heavy atom. The minimum absolute atomic E-state index is 0.0819. The van der Waals surface area contributed by atoms with Crippen LogP contribution in [-0.2, 0) is 11.3 Å². The number of aromatic nitrogens is 2. The summed E-state index contributed by atoms with van der Waals surface area (Å²) in [5.41, 5.74) is 0.936. The van der Waals surface area contributed by atoms with Crippen LogP contribution in [0.5, 0.6) is 0 Å². The number of nitrogens with one attached hydrogen (secondary N) is 1. The molecule has 0 saturated heterocycles. The molecule has 20 heavy (non-hydrogen) atoms. The first-order valence-corrected chi connectivity index (χ1v) is 5.77. The van der Waals surface area contributed by atoms with Gasteiger partial charge in [-0.15, -0.1) is 0 Å². The number of hydrogen-bond donors (Lipinski definition) is 2. The van der Waals surface area contributed by atoms with Gasteiger partial charge in [0.1, 0.15) is 12.4 Å². The number of benzene rings is 1. The van der Waals surface area contributed by atoms with Crippen molar-refractivity contribution in [3.8, 4) is 0 Å². The molecule has 0 atom stereocenters. The molecular formula is C13H12FN3O3. The van der Waals surface area contributed by atoms with E-state index >= 15 is 0 Å². The maximum Gasteiger partial charge on any atom is 0.325 e. The molecule has 6 nitrogen and oxygen atoms in total. The zero-order valence-electron chi connectivity index (χ0n) is 10.6. The van der Waals surface area contributed by atoms with Crippen LogP contribution in [0.3, 0.4) is 0 Å². The first-order chi connectivity index (χ1) is 9.45. The highest BCUT2D eigenvalue weighted by atomic mass is 19.1. The van der Waals surface area contributed by atoms with E-state index < -0.39 is 17.7 Å². The monoisotopic (exact) mass is 277 g/mol. The summed E-state index contributed by atoms with van der Waals surface area (Å²) in [6.45, 7) is 1.41. The topological polar surface area (TPSA) is 84.2 Å². The maximum absolute atomic E-state index is 13.6. The molecule has 2 N–H and O–H groups in total. The van der Waals surface area contributed by atoms with Gasteiger partial charge in [0, 0.05) is 6.20 Å². The number of aryl methyl sites for hydroxylation is 1. The van der Waals surface area contributed by atoms with Crippen LogP contribution in [0, 0.1) is 12.7 Å². The van der Waals surface area contributed by atoms with Gasteiger partial charge in [0.15, 0.2) is 0 Å². The first-order valence-electron chi connectivity index (χ1n) is 5.77. The lowest BCUT2D eigenvalue weighted by atomic mass is 10.1. The number of nitrogens with zero attached hydrogens (tertiary/aromatic N) is 2. The smallest absolute Gasteiger partial charge is 0.325 e. The summed E-state index contributed by atoms with van der Waals surface area (Å²) in [7, 11) is 0. The van der Waals surface area contributed by atoms with Gasteiger partial charge < -0.3 is 10.4 Å². The molecule has 1 amide bonds. The van der Waals surface area contributed by atoms with Crippen molar-refractivity contribution in [1.82, 2.24) is 9.78 Å². The van der Waals surface area contributed by atoms with Gasteiger partial charge in [-0.05, 0) is 24.6 Å². The largest absolute Gasteiger partial charge is 0.480 e. The van der Waals surface area contributed by atoms with Crippen LogP contribution in [0.25, 0.3) is 0 Å². The van der Waals surface area contributed by atoms with E-state index in [1.54, 1.807) is 13.0 Å². The number of hydrogen-bond acceptors (Lipinski definition) is 3. The van der Waals surface area contributed by atoms with Crippen molar-refractivity contribution >= 4 is 17.6 Å². The molecular weight excluding hydrogens is 265 g/mol. The Bertz CT molecular complexity index is 667. The number of anilines is 1. The lowest BCUT2D eigenvalue weighted by molar-refractivity contribution is -0.137. The van der Waals surface area contributed by atoms with E-state index in [2.05, 4.69) is 10.4 Å². The molecule has 2 rings (SSSR count). The molecule has 0 aliphatic heterocycles. The van der Waals surface area contributed by atoms with Crippen molar-refractivity contribution in [3.63, 3.8) is 0 Å². The third kappa shape index (κ3) is 3.19. The second-order valence-electron chi connectivity index (χ2n) is 4.26. The summed E-state index contributed by atoms with van der Waals surface area (Å²) in [4.78, 5) is 22.4. The van der Waals surface area contributed by atoms with Crippen molar-refractivity contribution in [2.45, 2.75) is 13.5 Å². The van der Waals surface area contributed by atoms with Crippen LogP contribution in [0.15, 0.2) is 30.6 Å². The van der Waals surface area contributed by atoms with Gasteiger partial charge in [-0.25, -0.2) is 4.39 Å². The highest BCUT2D eigenvalue weighted by Gasteiger charge is 2.13. The predicted octanol–water partition coefficient (Wildman–Crippen LogP) is 1.67. The highest BCUT2D eigenvalue weighted by Crippen LogP contribution is 2.13. The first kappa shape index (κ1) is 13.7. The lowest BCUT2D eigenvalue weighted by Gasteiger charge is -2.04. The summed E-state index contributed by atoms with van der Waals surface area (Å²) in [5.74, 6) is -2.27. The van der Waals surface area contributed by atoms with Gasteiger partial charge in [-0.2, -0.15) is 5.10 Å². The van der Waals surface area contributed by atoms with Gasteiger partial charge in [-0.1, -0.05) is 6.07 Å². The van der Waals surface area contributed by atoms with Crippen LogP contribution in [-0.4, -0.2) is 26.8 Å². The van der Waals surface area contributed by atoms with Crippen LogP contribution in [0.4, 0.5) is 10.1 Å². The van der Waals surface area contributed by atoms with E-state index in [9.17, 15) is 14.0 Å². The second-order valence-corrected chi connectivity index (χ2v) is 4.26. The number of halogens is 1. The predicted molar refractivity (Wildman–Crippen MR) is 69.0 cm³/mol. The zero-order valence-corrected chi connectivity index (χ0v) is 10.6. The van der Waals surface area contributed by atoms with Crippen molar-refractivity contribution in [3.05, 3.63) is 47.5 Å². The number of carboxylic acid groups (broad SMARTS) is 1. The molecule has 1 heterocycles. The van der Waals surface area contributed by atoms with Gasteiger partial charge in [0.2, 0.25) is 0 Å². The molecule has 7 heteroatoms. The minimum Gasteiger partial charge on any atom is -0.480 e. The Morgan fingerprint density at radius 2 is 2.20 bits per heavy atom. The number of amides is 1. The Balaban J connectivity index is 2.11. The Kier molecular flexibility index (Phi) is 3.79. The summed E-state index contributed by atoms with van der Waals surface area (Å²) < 4.78 is 14.8. The van der Waals surface area contributed by atoms with Crippen molar-refractivity contribution in [2.75, 3.05) is 5.32 Å². The van der Waals surface area contributed by atoms with Crippen molar-refractivity contribution in [2.24, 2.45) is 0 Å². The molecule has 0 bridgehead atoms. The number of aliphatic carboxylic acids is 1. The average Bonchev–Trinajstić information content (AvgIpc) is 2.75. The van der Waals surface area contributed by atoms with Crippen LogP contribution in [0.2, 0.25) is 0 Å². The minimum atomic E-state index is -1.05. The second kappa shape index (κ2) is 5.52. The molecule has 0 spiro atoms. The Hall–Kier alpha value is -2.70. The van der Waals surface area contributed by atoms with Crippen LogP contribution >= 0.6 is 0 Å². The van der Waals surface area contributed by atoms with Gasteiger partial charge in [-0.3, -0.25) is 14.3 Å². The molecule has 0 unspecified atom stereocenters. The number of carboxylic acids is 1. The number of carbonyl (C=O) groups is 2. The van der Waals surface area contributed by atoms with Gasteiger partial charge in [0.05, 0.1) is 17.4 Å². The normalized spacial score (nSPS) is 10.3. The van der Waals surface area contributed by atoms with Crippen molar-refractivity contribution in [1.29, 1.82) is 0 Å². The SMILES string of the molecule is Cc1ccc(C(=O)Nc2cnn(CC(=O)O)c2)c(F)c1. The molecule has 0 aliphatic carbocycles. The van der Waals surface area contributed by atoms with Crippen LogP contribution < -0.4 is 5.32 Å². The van der Waals surface area contributed by atoms with Crippen molar-refractivity contribution < 1.29 is 19.1 Å². The van der Waals surface area contributed by atoms with E-state index in [-0.39, 0.29) is 12.1 Å². The summed E-state index contributed by atoms with van der Waals surface area (Å²) in [6, 6.07) is 4.29. The lowest BCUT2D eigenvalue weighted by Crippen LogP contribution is -2.13. The molecule has 2 aromatic rings. The Labute approximate surface area is 113 Å². The third-order valence-electron chi connectivity index (χ3n) is 2.56. The fourth-order valence-electron chi connectivity index (χ4n) is 1.66. The van der Waals surface area contributed by atoms with E-state index in [1.165, 1.54) is 24.5 Å². The average molecular weight is 277 g/mol. The molecule has 0 fully saturated rings. The van der Waals surface area contributed by atoms with E-state index in [0.29, 0.717) is 11.3 Å². The quantitative estimate of drug-likeness (QED) is 0.890. The van der Waals surface area contributed by atoms with Gasteiger partial charge >= 0.3 is 5.97 Å². The highest BCUT2D eigenvalue weighted by molar-refractivity contribution is 6.04. The summed E-state index contributed by atoms with van der Waals surface area (Å²) in [6.07, 6.45) is 2.66. The molecule has 104 valence electrons. The summed E-state index contributed by atoms with van der Waals surface area (Å²) >= 11 is 0. The molecule has 0 aliphatic rings. The van der Waals surface area contributed by atoms with E-state index in [0.717, 1.165) is 4.68 Å². The number of rotatable bonds is 4. The van der Waals surface area contributed by atoms with Crippen LogP contribution in [0.1, 0.15) is 15.9 Å². The fraction of sp³-hybridized carbons (Fsp3) is 0.154. The van der Waals surface area contributed by atoms with E-state index in [4.69, 9.17) is 5.11 Å². The zero-order chi connectivity index (χ0) is 14.7. The molecule has 0 saturated carbocycles. The Morgan fingerprint density at radius 1 is 1.45 bits per heavy atom. The van der Waals surface area contributed by atoms with Gasteiger partial charge in [0.25, 0.3) is 5.91 Å². The molecule has 1 aromatic heterocycles. The third-order valence-corrected chi connectivity index (χ3v) is 2.56. The molecule has 1 aromatic carbocycles. The standard InChI is InChI=1S/C13H12FN3O3/c1-8-2-3-10(11(14)4-8)13(20)16-9-5-15-17(6-9)7-12(18)19/h2-6H,7H2,1H3,(H,16,20)(H,18,19). The fourth-order valence-corrected chi connectivity index (χ4v) is 1.66. The van der Waals surface area contributed by atoms with E-state index in [1.807, 2.05) is 0 Å². The number of carbonyl (C=O) groups excluding carboxylic acids is 1. The summed E-state index contributed by atoms with van der Waals surface area (Å²) in [5, 5.41) is 14.8. The molecule has 0 radical (unpaired) electrons. The maximum atomic E-state index is 13.6.